The van der Waals surface area contributed by atoms with Crippen LogP contribution in [0.2, 0.25) is 0 Å². The van der Waals surface area contributed by atoms with Crippen LogP contribution >= 0.6 is 38.5 Å². The Labute approximate surface area is 132 Å². The van der Waals surface area contributed by atoms with Crippen LogP contribution in [0.4, 0.5) is 0 Å². The summed E-state index contributed by atoms with van der Waals surface area (Å²) >= 11 is 6.08. The standard InChI is InChI=1S/C15H19BrIN/c1-2-18-15(11-6-4-3-5-7-11)13-10-12(17)8-9-14(13)16/h6,8-10,15,18H,2-5,7H2,1H3. The summed E-state index contributed by atoms with van der Waals surface area (Å²) in [7, 11) is 0. The molecule has 1 unspecified atom stereocenters. The highest BCUT2D eigenvalue weighted by Crippen LogP contribution is 2.34. The van der Waals surface area contributed by atoms with Gasteiger partial charge in [0, 0.05) is 8.04 Å². The first-order chi connectivity index (χ1) is 8.72. The Bertz CT molecular complexity index is 442. The van der Waals surface area contributed by atoms with E-state index in [9.17, 15) is 0 Å². The molecule has 1 aromatic rings. The number of halogens is 2. The number of hydrogen-bond donors (Lipinski definition) is 1. The average molecular weight is 420 g/mol. The van der Waals surface area contributed by atoms with E-state index in [0.717, 1.165) is 6.54 Å². The highest BCUT2D eigenvalue weighted by Gasteiger charge is 2.19. The number of nitrogens with one attached hydrogen (secondary N) is 1. The van der Waals surface area contributed by atoms with Gasteiger partial charge in [0.15, 0.2) is 0 Å². The minimum atomic E-state index is 0.374. The van der Waals surface area contributed by atoms with Crippen molar-refractivity contribution in [2.24, 2.45) is 0 Å². The van der Waals surface area contributed by atoms with Crippen LogP contribution in [0.5, 0.6) is 0 Å². The molecule has 0 spiro atoms. The van der Waals surface area contributed by atoms with Crippen molar-refractivity contribution in [1.82, 2.24) is 5.32 Å². The Morgan fingerprint density at radius 2 is 2.22 bits per heavy atom. The minimum absolute atomic E-state index is 0.374. The number of likely N-dealkylation sites (N-methyl/N-ethyl adjacent to an activating group) is 1. The van der Waals surface area contributed by atoms with Gasteiger partial charge in [-0.1, -0.05) is 34.5 Å². The van der Waals surface area contributed by atoms with Crippen molar-refractivity contribution >= 4 is 38.5 Å². The van der Waals surface area contributed by atoms with Crippen LogP contribution in [-0.2, 0) is 0 Å². The zero-order chi connectivity index (χ0) is 13.0. The Morgan fingerprint density at radius 3 is 2.89 bits per heavy atom. The van der Waals surface area contributed by atoms with Crippen LogP contribution in [-0.4, -0.2) is 6.54 Å². The lowest BCUT2D eigenvalue weighted by atomic mass is 9.90. The lowest BCUT2D eigenvalue weighted by Gasteiger charge is -2.25. The summed E-state index contributed by atoms with van der Waals surface area (Å²) in [6, 6.07) is 6.96. The van der Waals surface area contributed by atoms with Gasteiger partial charge in [0.25, 0.3) is 0 Å². The highest BCUT2D eigenvalue weighted by molar-refractivity contribution is 14.1. The quantitative estimate of drug-likeness (QED) is 0.522. The topological polar surface area (TPSA) is 12.0 Å². The van der Waals surface area contributed by atoms with E-state index in [-0.39, 0.29) is 0 Å². The molecular formula is C15H19BrIN. The molecule has 98 valence electrons. The Morgan fingerprint density at radius 1 is 1.39 bits per heavy atom. The summed E-state index contributed by atoms with van der Waals surface area (Å²) in [5, 5.41) is 3.64. The smallest absolute Gasteiger partial charge is 0.0547 e. The van der Waals surface area contributed by atoms with Gasteiger partial charge in [0.05, 0.1) is 6.04 Å². The summed E-state index contributed by atoms with van der Waals surface area (Å²) in [5.41, 5.74) is 2.93. The molecule has 0 radical (unpaired) electrons. The summed E-state index contributed by atoms with van der Waals surface area (Å²) in [6.45, 7) is 3.18. The van der Waals surface area contributed by atoms with Crippen molar-refractivity contribution < 1.29 is 0 Å². The summed E-state index contributed by atoms with van der Waals surface area (Å²) in [6.07, 6.45) is 7.57. The van der Waals surface area contributed by atoms with Gasteiger partial charge in [-0.15, -0.1) is 0 Å². The Hall–Kier alpha value is 0.130. The van der Waals surface area contributed by atoms with E-state index in [0.29, 0.717) is 6.04 Å². The number of allylic oxidation sites excluding steroid dienone is 1. The maximum atomic E-state index is 3.70. The van der Waals surface area contributed by atoms with Crippen molar-refractivity contribution in [2.45, 2.75) is 38.6 Å². The van der Waals surface area contributed by atoms with Crippen LogP contribution in [0.1, 0.15) is 44.2 Å². The molecule has 1 aromatic carbocycles. The second-order valence-electron chi connectivity index (χ2n) is 4.68. The van der Waals surface area contributed by atoms with Crippen molar-refractivity contribution in [3.05, 3.63) is 43.5 Å². The lowest BCUT2D eigenvalue weighted by Crippen LogP contribution is -2.24. The van der Waals surface area contributed by atoms with E-state index in [4.69, 9.17) is 0 Å². The fourth-order valence-electron chi connectivity index (χ4n) is 2.51. The van der Waals surface area contributed by atoms with E-state index in [2.05, 4.69) is 75.0 Å². The molecule has 0 bridgehead atoms. The van der Waals surface area contributed by atoms with Crippen molar-refractivity contribution in [3.63, 3.8) is 0 Å². The largest absolute Gasteiger partial charge is 0.307 e. The lowest BCUT2D eigenvalue weighted by molar-refractivity contribution is 0.562. The molecular weight excluding hydrogens is 401 g/mol. The third-order valence-corrected chi connectivity index (χ3v) is 4.77. The van der Waals surface area contributed by atoms with E-state index >= 15 is 0 Å². The average Bonchev–Trinajstić information content (AvgIpc) is 2.40. The van der Waals surface area contributed by atoms with Gasteiger partial charge < -0.3 is 5.32 Å². The highest BCUT2D eigenvalue weighted by atomic mass is 127. The van der Waals surface area contributed by atoms with Gasteiger partial charge in [0.2, 0.25) is 0 Å². The van der Waals surface area contributed by atoms with Crippen molar-refractivity contribution in [3.8, 4) is 0 Å². The van der Waals surface area contributed by atoms with Crippen LogP contribution in [0.3, 0.4) is 0 Å². The molecule has 1 aliphatic carbocycles. The molecule has 1 aliphatic rings. The zero-order valence-corrected chi connectivity index (χ0v) is 14.4. The first-order valence-corrected chi connectivity index (χ1v) is 8.46. The molecule has 0 aliphatic heterocycles. The van der Waals surface area contributed by atoms with Gasteiger partial charge >= 0.3 is 0 Å². The van der Waals surface area contributed by atoms with Gasteiger partial charge in [0.1, 0.15) is 0 Å². The van der Waals surface area contributed by atoms with Gasteiger partial charge in [-0.25, -0.2) is 0 Å². The number of benzene rings is 1. The van der Waals surface area contributed by atoms with Crippen LogP contribution in [0, 0.1) is 3.57 Å². The SMILES string of the molecule is CCNC(C1=CCCCC1)c1cc(I)ccc1Br. The summed E-state index contributed by atoms with van der Waals surface area (Å²) in [5.74, 6) is 0. The molecule has 0 heterocycles. The number of hydrogen-bond acceptors (Lipinski definition) is 1. The first kappa shape index (κ1) is 14.5. The van der Waals surface area contributed by atoms with Crippen LogP contribution in [0.15, 0.2) is 34.3 Å². The fraction of sp³-hybridized carbons (Fsp3) is 0.467. The monoisotopic (exact) mass is 419 g/mol. The molecule has 1 nitrogen and oxygen atoms in total. The predicted molar refractivity (Wildman–Crippen MR) is 89.8 cm³/mol. The number of rotatable bonds is 4. The van der Waals surface area contributed by atoms with Crippen LogP contribution < -0.4 is 5.32 Å². The van der Waals surface area contributed by atoms with E-state index in [1.807, 2.05) is 0 Å². The van der Waals surface area contributed by atoms with Gasteiger partial charge in [-0.05, 0) is 78.6 Å². The molecule has 18 heavy (non-hydrogen) atoms. The van der Waals surface area contributed by atoms with E-state index in [1.165, 1.54) is 39.3 Å². The third-order valence-electron chi connectivity index (χ3n) is 3.37. The Kier molecular flexibility index (Phi) is 5.70. The predicted octanol–water partition coefficient (Wildman–Crippen LogP) is 5.20. The van der Waals surface area contributed by atoms with E-state index in [1.54, 1.807) is 5.57 Å². The fourth-order valence-corrected chi connectivity index (χ4v) is 3.50. The third kappa shape index (κ3) is 3.58. The first-order valence-electron chi connectivity index (χ1n) is 6.59. The molecule has 1 atom stereocenters. The maximum absolute atomic E-state index is 3.70. The molecule has 0 fully saturated rings. The summed E-state index contributed by atoms with van der Waals surface area (Å²) < 4.78 is 2.51. The van der Waals surface area contributed by atoms with Gasteiger partial charge in [-0.3, -0.25) is 0 Å². The normalized spacial score (nSPS) is 17.4. The van der Waals surface area contributed by atoms with E-state index < -0.39 is 0 Å². The van der Waals surface area contributed by atoms with Crippen molar-refractivity contribution in [2.75, 3.05) is 6.54 Å². The molecule has 3 heteroatoms. The maximum Gasteiger partial charge on any atom is 0.0547 e. The van der Waals surface area contributed by atoms with Gasteiger partial charge in [-0.2, -0.15) is 0 Å². The second kappa shape index (κ2) is 7.06. The molecule has 0 aromatic heterocycles. The van der Waals surface area contributed by atoms with Crippen molar-refractivity contribution in [1.29, 1.82) is 0 Å². The molecule has 0 amide bonds. The minimum Gasteiger partial charge on any atom is -0.307 e. The molecule has 0 saturated carbocycles. The molecule has 2 rings (SSSR count). The Balaban J connectivity index is 2.34. The molecule has 1 N–H and O–H groups in total. The second-order valence-corrected chi connectivity index (χ2v) is 6.78. The summed E-state index contributed by atoms with van der Waals surface area (Å²) in [4.78, 5) is 0. The van der Waals surface area contributed by atoms with Crippen LogP contribution in [0.25, 0.3) is 0 Å². The molecule has 0 saturated heterocycles. The zero-order valence-electron chi connectivity index (χ0n) is 10.7.